The lowest BCUT2D eigenvalue weighted by atomic mass is 9.96. The van der Waals surface area contributed by atoms with Crippen molar-refractivity contribution in [2.24, 2.45) is 0 Å². The Morgan fingerprint density at radius 2 is 1.80 bits per heavy atom. The summed E-state index contributed by atoms with van der Waals surface area (Å²) in [5, 5.41) is 10.5. The van der Waals surface area contributed by atoms with Crippen LogP contribution in [0, 0.1) is 23.0 Å². The highest BCUT2D eigenvalue weighted by Crippen LogP contribution is 2.50. The van der Waals surface area contributed by atoms with Gasteiger partial charge in [-0.05, 0) is 57.5 Å². The molecule has 2 aromatic heterocycles. The number of nitrogens with zero attached hydrogens (tertiary/aromatic N) is 5. The molecule has 0 saturated heterocycles. The van der Waals surface area contributed by atoms with Crippen LogP contribution in [0.2, 0.25) is 5.02 Å². The first-order valence-corrected chi connectivity index (χ1v) is 14.4. The van der Waals surface area contributed by atoms with E-state index in [1.807, 2.05) is 6.07 Å². The third kappa shape index (κ3) is 4.54. The number of aromatic nitrogens is 2. The highest BCUT2D eigenvalue weighted by Gasteiger charge is 2.31. The molecule has 0 saturated carbocycles. The number of nitriles is 1. The fourth-order valence-electron chi connectivity index (χ4n) is 5.43. The summed E-state index contributed by atoms with van der Waals surface area (Å²) in [6, 6.07) is 4.73. The number of fused-ring (bicyclic) bond motifs is 2. The van der Waals surface area contributed by atoms with Crippen LogP contribution in [-0.4, -0.2) is 61.3 Å². The lowest BCUT2D eigenvalue weighted by molar-refractivity contribution is 0.262. The van der Waals surface area contributed by atoms with Crippen LogP contribution in [0.1, 0.15) is 31.2 Å². The number of halogens is 3. The summed E-state index contributed by atoms with van der Waals surface area (Å²) in [6.45, 7) is 3.85. The van der Waals surface area contributed by atoms with Gasteiger partial charge in [0.2, 0.25) is 0 Å². The van der Waals surface area contributed by atoms with Crippen LogP contribution < -0.4 is 20.1 Å². The van der Waals surface area contributed by atoms with Gasteiger partial charge in [0.05, 0.1) is 33.8 Å². The lowest BCUT2D eigenvalue weighted by Gasteiger charge is -2.24. The Morgan fingerprint density at radius 1 is 1.02 bits per heavy atom. The standard InChI is InChI=1S/C28H27ClF2N6O2S/c1-36-8-2-3-10-37-11-13-38-24-20-23(34-28(35-27(20)37)39-12-5-4-9-36)22(31)19(21(24)29)15-6-7-17(30)25-18(15)16(14-32)26(33)40-25/h6-7H,2-5,8-13,33H2,1H3. The molecule has 0 fully saturated rings. The maximum absolute atomic E-state index is 16.7. The van der Waals surface area contributed by atoms with E-state index in [0.29, 0.717) is 37.5 Å². The number of anilines is 2. The molecule has 2 N–H and O–H groups in total. The summed E-state index contributed by atoms with van der Waals surface area (Å²) >= 11 is 7.85. The summed E-state index contributed by atoms with van der Waals surface area (Å²) < 4.78 is 43.7. The first-order chi connectivity index (χ1) is 19.4. The number of benzene rings is 2. The lowest BCUT2D eigenvalue weighted by Crippen LogP contribution is -2.30. The molecule has 0 spiro atoms. The second-order valence-corrected chi connectivity index (χ2v) is 11.5. The Hall–Kier alpha value is -3.46. The minimum Gasteiger partial charge on any atom is -0.489 e. The number of rotatable bonds is 1. The Kier molecular flexibility index (Phi) is 7.25. The van der Waals surface area contributed by atoms with Crippen molar-refractivity contribution in [3.05, 3.63) is 34.4 Å². The van der Waals surface area contributed by atoms with E-state index in [4.69, 9.17) is 31.8 Å². The maximum atomic E-state index is 16.7. The number of hydrogen-bond donors (Lipinski definition) is 1. The molecular weight excluding hydrogens is 558 g/mol. The fraction of sp³-hybridized carbons (Fsp3) is 0.393. The number of hydrogen-bond acceptors (Lipinski definition) is 9. The van der Waals surface area contributed by atoms with Gasteiger partial charge in [-0.25, -0.2) is 8.78 Å². The number of nitrogen functional groups attached to an aromatic ring is 1. The van der Waals surface area contributed by atoms with Crippen LogP contribution in [0.5, 0.6) is 11.8 Å². The molecule has 0 unspecified atom stereocenters. The van der Waals surface area contributed by atoms with Gasteiger partial charge in [0, 0.05) is 17.5 Å². The minimum absolute atomic E-state index is 0.00275. The van der Waals surface area contributed by atoms with Gasteiger partial charge in [-0.15, -0.1) is 11.3 Å². The SMILES string of the molecule is CN1CCCCOc2nc3c4c(c(Cl)c(-c5ccc(F)c6sc(N)c(C#N)c56)c(F)c4n2)OCCN3CCCC1. The van der Waals surface area contributed by atoms with E-state index in [1.54, 1.807) is 0 Å². The second-order valence-electron chi connectivity index (χ2n) is 10.0. The third-order valence-corrected chi connectivity index (χ3v) is 8.82. The molecule has 4 aromatic rings. The number of ether oxygens (including phenoxy) is 2. The van der Waals surface area contributed by atoms with Gasteiger partial charge in [0.25, 0.3) is 0 Å². The van der Waals surface area contributed by atoms with Crippen LogP contribution in [-0.2, 0) is 0 Å². The number of nitrogens with two attached hydrogens (primary N) is 1. The van der Waals surface area contributed by atoms with Crippen LogP contribution >= 0.6 is 22.9 Å². The van der Waals surface area contributed by atoms with E-state index in [-0.39, 0.29) is 54.1 Å². The highest BCUT2D eigenvalue weighted by atomic mass is 35.5. The maximum Gasteiger partial charge on any atom is 0.319 e. The van der Waals surface area contributed by atoms with Gasteiger partial charge in [-0.1, -0.05) is 17.7 Å². The number of thiophene rings is 1. The molecule has 0 amide bonds. The first kappa shape index (κ1) is 26.7. The average Bonchev–Trinajstić information content (AvgIpc) is 3.17. The second kappa shape index (κ2) is 10.8. The summed E-state index contributed by atoms with van der Waals surface area (Å²) in [5.41, 5.74) is 6.30. The molecule has 2 aliphatic rings. The van der Waals surface area contributed by atoms with Gasteiger partial charge in [0.1, 0.15) is 34.8 Å². The van der Waals surface area contributed by atoms with Crippen molar-refractivity contribution in [1.29, 1.82) is 5.26 Å². The predicted molar refractivity (Wildman–Crippen MR) is 154 cm³/mol. The van der Waals surface area contributed by atoms with Crippen LogP contribution in [0.3, 0.4) is 0 Å². The van der Waals surface area contributed by atoms with E-state index < -0.39 is 11.6 Å². The van der Waals surface area contributed by atoms with Gasteiger partial charge < -0.3 is 25.0 Å². The molecule has 2 aromatic carbocycles. The monoisotopic (exact) mass is 584 g/mol. The largest absolute Gasteiger partial charge is 0.489 e. The summed E-state index contributed by atoms with van der Waals surface area (Å²) in [7, 11) is 2.12. The van der Waals surface area contributed by atoms with Crippen LogP contribution in [0.25, 0.3) is 32.1 Å². The molecule has 4 heterocycles. The Morgan fingerprint density at radius 3 is 2.60 bits per heavy atom. The Labute approximate surface area is 238 Å². The third-order valence-electron chi connectivity index (χ3n) is 7.43. The Balaban J connectivity index is 1.60. The summed E-state index contributed by atoms with van der Waals surface area (Å²) in [6.07, 6.45) is 3.69. The van der Waals surface area contributed by atoms with E-state index >= 15 is 4.39 Å². The van der Waals surface area contributed by atoms with Gasteiger partial charge in [0.15, 0.2) is 11.6 Å². The van der Waals surface area contributed by atoms with E-state index in [9.17, 15) is 9.65 Å². The van der Waals surface area contributed by atoms with Crippen LogP contribution in [0.4, 0.5) is 19.6 Å². The molecule has 40 heavy (non-hydrogen) atoms. The molecule has 208 valence electrons. The molecule has 8 nitrogen and oxygen atoms in total. The normalized spacial score (nSPS) is 16.8. The van der Waals surface area contributed by atoms with Gasteiger partial charge in [-0.2, -0.15) is 15.2 Å². The topological polar surface area (TPSA) is 101 Å². The van der Waals surface area contributed by atoms with Crippen molar-refractivity contribution in [3.63, 3.8) is 0 Å². The molecule has 2 bridgehead atoms. The molecule has 2 aliphatic heterocycles. The molecule has 0 atom stereocenters. The Bertz CT molecular complexity index is 1670. The van der Waals surface area contributed by atoms with Crippen molar-refractivity contribution in [2.45, 2.75) is 25.7 Å². The molecule has 12 heteroatoms. The minimum atomic E-state index is -0.730. The summed E-state index contributed by atoms with van der Waals surface area (Å²) in [5.74, 6) is -0.532. The van der Waals surface area contributed by atoms with Gasteiger partial charge >= 0.3 is 6.01 Å². The molecule has 6 rings (SSSR count). The zero-order valence-corrected chi connectivity index (χ0v) is 23.5. The van der Waals surface area contributed by atoms with Crippen molar-refractivity contribution in [3.8, 4) is 29.0 Å². The van der Waals surface area contributed by atoms with E-state index in [2.05, 4.69) is 21.8 Å². The van der Waals surface area contributed by atoms with E-state index in [0.717, 1.165) is 50.1 Å². The average molecular weight is 585 g/mol. The van der Waals surface area contributed by atoms with Crippen LogP contribution in [0.15, 0.2) is 12.1 Å². The summed E-state index contributed by atoms with van der Waals surface area (Å²) in [4.78, 5) is 13.6. The first-order valence-electron chi connectivity index (χ1n) is 13.2. The van der Waals surface area contributed by atoms with Crippen molar-refractivity contribution in [2.75, 3.05) is 57.1 Å². The smallest absolute Gasteiger partial charge is 0.319 e. The van der Waals surface area contributed by atoms with Crippen molar-refractivity contribution in [1.82, 2.24) is 14.9 Å². The van der Waals surface area contributed by atoms with E-state index in [1.165, 1.54) is 12.1 Å². The zero-order valence-electron chi connectivity index (χ0n) is 21.9. The quantitative estimate of drug-likeness (QED) is 0.292. The zero-order chi connectivity index (χ0) is 28.0. The molecular formula is C28H27ClF2N6O2S. The fourth-order valence-corrected chi connectivity index (χ4v) is 6.72. The van der Waals surface area contributed by atoms with Crippen molar-refractivity contribution < 1.29 is 18.3 Å². The molecule has 0 radical (unpaired) electrons. The molecule has 0 aliphatic carbocycles. The van der Waals surface area contributed by atoms with Crippen molar-refractivity contribution >= 4 is 54.7 Å². The predicted octanol–water partition coefficient (Wildman–Crippen LogP) is 5.98. The highest BCUT2D eigenvalue weighted by molar-refractivity contribution is 7.23. The van der Waals surface area contributed by atoms with Gasteiger partial charge in [-0.3, -0.25) is 0 Å².